The standard InChI is InChI=1S/C11H13FN2O4/c1-5-3-14(11(17)13-9(5)16)10-8(12)6(2)7(4-15)18-10/h3-4,6-8,10H,1-2H3,(H,13,16,17)/t6-,7-,8+,10-/m1/s1. The number of carbonyl (C=O) groups is 1. The smallest absolute Gasteiger partial charge is 0.330 e. The van der Waals surface area contributed by atoms with Crippen LogP contribution in [0.4, 0.5) is 4.39 Å². The van der Waals surface area contributed by atoms with Gasteiger partial charge in [0.25, 0.3) is 5.56 Å². The summed E-state index contributed by atoms with van der Waals surface area (Å²) in [5, 5.41) is 0. The topological polar surface area (TPSA) is 81.2 Å². The summed E-state index contributed by atoms with van der Waals surface area (Å²) in [6, 6.07) is 0. The second-order valence-electron chi connectivity index (χ2n) is 4.41. The van der Waals surface area contributed by atoms with Gasteiger partial charge in [-0.15, -0.1) is 0 Å². The maximum absolute atomic E-state index is 14.0. The summed E-state index contributed by atoms with van der Waals surface area (Å²) in [5.74, 6) is -0.633. The number of ether oxygens (including phenoxy) is 1. The monoisotopic (exact) mass is 256 g/mol. The first-order valence-electron chi connectivity index (χ1n) is 5.52. The summed E-state index contributed by atoms with van der Waals surface area (Å²) in [6.45, 7) is 3.03. The number of hydrogen-bond acceptors (Lipinski definition) is 4. The van der Waals surface area contributed by atoms with Gasteiger partial charge in [-0.05, 0) is 6.92 Å². The minimum Gasteiger partial charge on any atom is -0.344 e. The molecule has 6 nitrogen and oxygen atoms in total. The fourth-order valence-electron chi connectivity index (χ4n) is 1.95. The van der Waals surface area contributed by atoms with Crippen molar-refractivity contribution in [2.24, 2.45) is 5.92 Å². The molecule has 1 aromatic heterocycles. The van der Waals surface area contributed by atoms with Crippen molar-refractivity contribution in [2.75, 3.05) is 0 Å². The van der Waals surface area contributed by atoms with Crippen molar-refractivity contribution < 1.29 is 13.9 Å². The maximum atomic E-state index is 14.0. The Bertz CT molecular complexity index is 579. The van der Waals surface area contributed by atoms with Crippen molar-refractivity contribution in [3.63, 3.8) is 0 Å². The van der Waals surface area contributed by atoms with Crippen LogP contribution in [0.5, 0.6) is 0 Å². The molecule has 0 unspecified atom stereocenters. The van der Waals surface area contributed by atoms with Crippen LogP contribution < -0.4 is 11.2 Å². The van der Waals surface area contributed by atoms with Crippen molar-refractivity contribution >= 4 is 6.29 Å². The van der Waals surface area contributed by atoms with Crippen LogP contribution in [0.2, 0.25) is 0 Å². The summed E-state index contributed by atoms with van der Waals surface area (Å²) in [4.78, 5) is 35.6. The van der Waals surface area contributed by atoms with E-state index in [0.717, 1.165) is 4.57 Å². The number of aryl methyl sites for hydroxylation is 1. The third-order valence-corrected chi connectivity index (χ3v) is 3.14. The van der Waals surface area contributed by atoms with Gasteiger partial charge in [0.15, 0.2) is 12.4 Å². The van der Waals surface area contributed by atoms with E-state index in [0.29, 0.717) is 6.29 Å². The van der Waals surface area contributed by atoms with Gasteiger partial charge >= 0.3 is 5.69 Å². The number of nitrogens with one attached hydrogen (secondary N) is 1. The summed E-state index contributed by atoms with van der Waals surface area (Å²) in [5.41, 5.74) is -1.01. The van der Waals surface area contributed by atoms with Crippen LogP contribution >= 0.6 is 0 Å². The fourth-order valence-corrected chi connectivity index (χ4v) is 1.95. The molecule has 2 rings (SSSR count). The highest BCUT2D eigenvalue weighted by Crippen LogP contribution is 2.34. The van der Waals surface area contributed by atoms with Gasteiger partial charge in [-0.25, -0.2) is 9.18 Å². The Kier molecular flexibility index (Phi) is 3.16. The van der Waals surface area contributed by atoms with Crippen molar-refractivity contribution in [3.05, 3.63) is 32.6 Å². The normalized spacial score (nSPS) is 31.5. The van der Waals surface area contributed by atoms with Gasteiger partial charge < -0.3 is 9.53 Å². The zero-order valence-corrected chi connectivity index (χ0v) is 9.92. The second kappa shape index (κ2) is 4.49. The van der Waals surface area contributed by atoms with Crippen LogP contribution in [0.3, 0.4) is 0 Å². The van der Waals surface area contributed by atoms with Gasteiger partial charge in [-0.3, -0.25) is 14.3 Å². The first-order chi connectivity index (χ1) is 8.45. The fraction of sp³-hybridized carbons (Fsp3) is 0.545. The number of rotatable bonds is 2. The van der Waals surface area contributed by atoms with Crippen LogP contribution in [0.15, 0.2) is 15.8 Å². The third kappa shape index (κ3) is 1.90. The quantitative estimate of drug-likeness (QED) is 0.750. The molecule has 4 atom stereocenters. The molecule has 0 aliphatic carbocycles. The van der Waals surface area contributed by atoms with E-state index in [1.165, 1.54) is 20.0 Å². The summed E-state index contributed by atoms with van der Waals surface area (Å²) < 4.78 is 20.1. The Balaban J connectivity index is 2.45. The van der Waals surface area contributed by atoms with Crippen molar-refractivity contribution in [1.82, 2.24) is 9.55 Å². The molecule has 1 aliphatic heterocycles. The van der Waals surface area contributed by atoms with E-state index in [-0.39, 0.29) is 5.56 Å². The molecule has 2 heterocycles. The van der Waals surface area contributed by atoms with E-state index in [1.807, 2.05) is 0 Å². The molecule has 0 amide bonds. The van der Waals surface area contributed by atoms with E-state index >= 15 is 0 Å². The molecule has 0 aromatic carbocycles. The van der Waals surface area contributed by atoms with Gasteiger partial charge in [0.2, 0.25) is 0 Å². The lowest BCUT2D eigenvalue weighted by molar-refractivity contribution is -0.121. The highest BCUT2D eigenvalue weighted by Gasteiger charge is 2.43. The minimum atomic E-state index is -1.48. The number of carbonyl (C=O) groups excluding carboxylic acids is 1. The highest BCUT2D eigenvalue weighted by atomic mass is 19.1. The third-order valence-electron chi connectivity index (χ3n) is 3.14. The van der Waals surface area contributed by atoms with Gasteiger partial charge in [0, 0.05) is 17.7 Å². The van der Waals surface area contributed by atoms with Crippen LogP contribution in [-0.4, -0.2) is 28.1 Å². The Hall–Kier alpha value is -1.76. The summed E-state index contributed by atoms with van der Waals surface area (Å²) in [7, 11) is 0. The van der Waals surface area contributed by atoms with Crippen LogP contribution in [-0.2, 0) is 9.53 Å². The van der Waals surface area contributed by atoms with Crippen LogP contribution in [0, 0.1) is 12.8 Å². The molecule has 7 heteroatoms. The molecule has 98 valence electrons. The maximum Gasteiger partial charge on any atom is 0.330 e. The number of aromatic amines is 1. The van der Waals surface area contributed by atoms with Crippen molar-refractivity contribution in [1.29, 1.82) is 0 Å². The number of hydrogen-bond donors (Lipinski definition) is 1. The van der Waals surface area contributed by atoms with Crippen LogP contribution in [0.25, 0.3) is 0 Å². The molecule has 0 spiro atoms. The number of H-pyrrole nitrogens is 1. The second-order valence-corrected chi connectivity index (χ2v) is 4.41. The first kappa shape index (κ1) is 12.7. The van der Waals surface area contributed by atoms with E-state index in [2.05, 4.69) is 4.98 Å². The van der Waals surface area contributed by atoms with Crippen LogP contribution in [0.1, 0.15) is 18.7 Å². The predicted octanol–water partition coefficient (Wildman–Crippen LogP) is -0.0845. The van der Waals surface area contributed by atoms with Gasteiger partial charge in [0.1, 0.15) is 12.4 Å². The molecule has 0 saturated carbocycles. The van der Waals surface area contributed by atoms with Gasteiger partial charge in [-0.1, -0.05) is 6.92 Å². The van der Waals surface area contributed by atoms with E-state index < -0.39 is 35.7 Å². The van der Waals surface area contributed by atoms with E-state index in [1.54, 1.807) is 0 Å². The summed E-state index contributed by atoms with van der Waals surface area (Å²) >= 11 is 0. The van der Waals surface area contributed by atoms with E-state index in [4.69, 9.17) is 4.74 Å². The minimum absolute atomic E-state index is 0.271. The number of halogens is 1. The zero-order valence-electron chi connectivity index (χ0n) is 9.92. The Morgan fingerprint density at radius 2 is 2.17 bits per heavy atom. The molecule has 1 aromatic rings. The Labute approximate surface area is 101 Å². The summed E-state index contributed by atoms with van der Waals surface area (Å²) in [6.07, 6.45) is -1.80. The molecule has 0 bridgehead atoms. The molecule has 18 heavy (non-hydrogen) atoms. The number of alkyl halides is 1. The molecule has 1 aliphatic rings. The highest BCUT2D eigenvalue weighted by molar-refractivity contribution is 5.57. The zero-order chi connectivity index (χ0) is 13.4. The molecular weight excluding hydrogens is 243 g/mol. The number of aldehydes is 1. The van der Waals surface area contributed by atoms with Crippen molar-refractivity contribution in [3.8, 4) is 0 Å². The van der Waals surface area contributed by atoms with Gasteiger partial charge in [-0.2, -0.15) is 0 Å². The van der Waals surface area contributed by atoms with Crippen molar-refractivity contribution in [2.45, 2.75) is 32.4 Å². The Morgan fingerprint density at radius 3 is 2.72 bits per heavy atom. The lowest BCUT2D eigenvalue weighted by Gasteiger charge is -2.16. The SMILES string of the molecule is Cc1cn([C@@H]2O[C@H](C=O)[C@@H](C)[C@@H]2F)c(=O)[nH]c1=O. The molecule has 1 fully saturated rings. The molecule has 0 radical (unpaired) electrons. The van der Waals surface area contributed by atoms with E-state index in [9.17, 15) is 18.8 Å². The van der Waals surface area contributed by atoms with Gasteiger partial charge in [0.05, 0.1) is 0 Å². The molecular formula is C11H13FN2O4. The number of aromatic nitrogens is 2. The Morgan fingerprint density at radius 1 is 1.50 bits per heavy atom. The lowest BCUT2D eigenvalue weighted by Crippen LogP contribution is -2.36. The molecule has 1 saturated heterocycles. The molecule has 1 N–H and O–H groups in total. The average Bonchev–Trinajstić information content (AvgIpc) is 2.61. The number of nitrogens with zero attached hydrogens (tertiary/aromatic N) is 1. The first-order valence-corrected chi connectivity index (χ1v) is 5.52. The predicted molar refractivity (Wildman–Crippen MR) is 60.1 cm³/mol. The largest absolute Gasteiger partial charge is 0.344 e. The average molecular weight is 256 g/mol. The lowest BCUT2D eigenvalue weighted by atomic mass is 10.0.